The van der Waals surface area contributed by atoms with E-state index in [2.05, 4.69) is 16.8 Å². The lowest BCUT2D eigenvalue weighted by molar-refractivity contribution is -0.0603. The van der Waals surface area contributed by atoms with Crippen molar-refractivity contribution in [3.63, 3.8) is 0 Å². The highest BCUT2D eigenvalue weighted by molar-refractivity contribution is 7.89. The second-order valence-corrected chi connectivity index (χ2v) is 9.10. The smallest absolute Gasteiger partial charge is 0.243 e. The Labute approximate surface area is 149 Å². The van der Waals surface area contributed by atoms with Crippen molar-refractivity contribution in [1.82, 2.24) is 14.1 Å². The van der Waals surface area contributed by atoms with Crippen LogP contribution in [-0.4, -0.2) is 97.3 Å². The van der Waals surface area contributed by atoms with E-state index in [0.29, 0.717) is 0 Å². The molecule has 1 aromatic carbocycles. The standard InChI is InChI=1S/C17H27N3O4S/c1-18-8-5-9-19(11-10-18)13-17(22)14-20(12-16(17)21)25(23,24)15-6-3-2-4-7-15/h2-4,6-7,16,21-22H,5,8-14H2,1H3/t16-,17+/m1/s1. The Hall–Kier alpha value is -1.03. The molecule has 0 radical (unpaired) electrons. The van der Waals surface area contributed by atoms with Gasteiger partial charge in [-0.05, 0) is 38.7 Å². The SMILES string of the molecule is CN1CCCN(C[C@]2(O)CN(S(=O)(=O)c3ccccc3)C[C@H]2O)CC1. The van der Waals surface area contributed by atoms with E-state index in [1.165, 1.54) is 16.4 Å². The van der Waals surface area contributed by atoms with Gasteiger partial charge < -0.3 is 15.1 Å². The van der Waals surface area contributed by atoms with E-state index in [-0.39, 0.29) is 24.5 Å². The molecule has 0 bridgehead atoms. The second-order valence-electron chi connectivity index (χ2n) is 7.16. The molecule has 2 saturated heterocycles. The Kier molecular flexibility index (Phi) is 5.48. The van der Waals surface area contributed by atoms with Gasteiger partial charge in [0, 0.05) is 32.7 Å². The maximum Gasteiger partial charge on any atom is 0.243 e. The summed E-state index contributed by atoms with van der Waals surface area (Å²) >= 11 is 0. The van der Waals surface area contributed by atoms with E-state index in [1.54, 1.807) is 18.2 Å². The van der Waals surface area contributed by atoms with E-state index in [9.17, 15) is 18.6 Å². The van der Waals surface area contributed by atoms with Crippen molar-refractivity contribution < 1.29 is 18.6 Å². The average Bonchev–Trinajstić information content (AvgIpc) is 2.75. The molecule has 2 aliphatic rings. The molecule has 2 atom stereocenters. The van der Waals surface area contributed by atoms with Gasteiger partial charge in [-0.1, -0.05) is 18.2 Å². The highest BCUT2D eigenvalue weighted by Crippen LogP contribution is 2.28. The summed E-state index contributed by atoms with van der Waals surface area (Å²) in [6, 6.07) is 8.15. The number of benzene rings is 1. The molecular formula is C17H27N3O4S. The van der Waals surface area contributed by atoms with E-state index in [1.807, 2.05) is 0 Å². The van der Waals surface area contributed by atoms with E-state index >= 15 is 0 Å². The molecule has 1 aromatic rings. The van der Waals surface area contributed by atoms with Crippen LogP contribution in [-0.2, 0) is 10.0 Å². The number of rotatable bonds is 4. The number of aliphatic hydroxyl groups is 2. The molecule has 2 heterocycles. The predicted octanol–water partition coefficient (Wildman–Crippen LogP) is -0.580. The summed E-state index contributed by atoms with van der Waals surface area (Å²) in [5.74, 6) is 0. The summed E-state index contributed by atoms with van der Waals surface area (Å²) in [7, 11) is -1.65. The maximum absolute atomic E-state index is 12.7. The zero-order chi connectivity index (χ0) is 18.1. The number of hydrogen-bond acceptors (Lipinski definition) is 6. The van der Waals surface area contributed by atoms with Gasteiger partial charge in [-0.2, -0.15) is 4.31 Å². The predicted molar refractivity (Wildman–Crippen MR) is 94.7 cm³/mol. The lowest BCUT2D eigenvalue weighted by atomic mass is 9.99. The van der Waals surface area contributed by atoms with Gasteiger partial charge in [-0.15, -0.1) is 0 Å². The van der Waals surface area contributed by atoms with Gasteiger partial charge in [0.1, 0.15) is 5.60 Å². The maximum atomic E-state index is 12.7. The lowest BCUT2D eigenvalue weighted by Crippen LogP contribution is -2.52. The molecule has 25 heavy (non-hydrogen) atoms. The third kappa shape index (κ3) is 4.05. The summed E-state index contributed by atoms with van der Waals surface area (Å²) in [6.07, 6.45) is -0.0960. The molecule has 0 saturated carbocycles. The van der Waals surface area contributed by atoms with Gasteiger partial charge in [0.2, 0.25) is 10.0 Å². The molecule has 140 valence electrons. The van der Waals surface area contributed by atoms with E-state index in [0.717, 1.165) is 32.6 Å². The van der Waals surface area contributed by atoms with Crippen molar-refractivity contribution >= 4 is 10.0 Å². The molecule has 2 fully saturated rings. The number of sulfonamides is 1. The molecular weight excluding hydrogens is 342 g/mol. The highest BCUT2D eigenvalue weighted by atomic mass is 32.2. The molecule has 0 unspecified atom stereocenters. The Morgan fingerprint density at radius 1 is 1.16 bits per heavy atom. The molecule has 0 amide bonds. The van der Waals surface area contributed by atoms with Crippen molar-refractivity contribution in [3.05, 3.63) is 30.3 Å². The van der Waals surface area contributed by atoms with Crippen LogP contribution in [0.15, 0.2) is 35.2 Å². The van der Waals surface area contributed by atoms with Crippen molar-refractivity contribution in [2.75, 3.05) is 52.9 Å². The number of hydrogen-bond donors (Lipinski definition) is 2. The zero-order valence-electron chi connectivity index (χ0n) is 14.6. The summed E-state index contributed by atoms with van der Waals surface area (Å²) < 4.78 is 26.7. The molecule has 0 aliphatic carbocycles. The number of likely N-dealkylation sites (N-methyl/N-ethyl adjacent to an activating group) is 1. The van der Waals surface area contributed by atoms with Crippen LogP contribution in [0.4, 0.5) is 0 Å². The Morgan fingerprint density at radius 2 is 1.88 bits per heavy atom. The molecule has 8 heteroatoms. The van der Waals surface area contributed by atoms with Crippen LogP contribution < -0.4 is 0 Å². The van der Waals surface area contributed by atoms with E-state index < -0.39 is 21.7 Å². The second kappa shape index (κ2) is 7.30. The fourth-order valence-corrected chi connectivity index (χ4v) is 5.09. The van der Waals surface area contributed by atoms with Crippen LogP contribution in [0.5, 0.6) is 0 Å². The first-order valence-electron chi connectivity index (χ1n) is 8.68. The molecule has 0 spiro atoms. The van der Waals surface area contributed by atoms with Crippen molar-refractivity contribution in [2.24, 2.45) is 0 Å². The van der Waals surface area contributed by atoms with E-state index in [4.69, 9.17) is 0 Å². The summed E-state index contributed by atoms with van der Waals surface area (Å²) in [5.41, 5.74) is -1.44. The van der Waals surface area contributed by atoms with Crippen LogP contribution in [0.2, 0.25) is 0 Å². The minimum atomic E-state index is -3.71. The van der Waals surface area contributed by atoms with Crippen molar-refractivity contribution in [3.8, 4) is 0 Å². The normalized spacial score (nSPS) is 30.4. The van der Waals surface area contributed by atoms with Gasteiger partial charge >= 0.3 is 0 Å². The van der Waals surface area contributed by atoms with Crippen LogP contribution in [0, 0.1) is 0 Å². The quantitative estimate of drug-likeness (QED) is 0.739. The van der Waals surface area contributed by atoms with Crippen LogP contribution in [0.25, 0.3) is 0 Å². The Bertz CT molecular complexity index is 684. The van der Waals surface area contributed by atoms with Gasteiger partial charge in [0.25, 0.3) is 0 Å². The first-order chi connectivity index (χ1) is 11.8. The van der Waals surface area contributed by atoms with Gasteiger partial charge in [-0.25, -0.2) is 8.42 Å². The monoisotopic (exact) mass is 369 g/mol. The largest absolute Gasteiger partial charge is 0.389 e. The lowest BCUT2D eigenvalue weighted by Gasteiger charge is -2.32. The fourth-order valence-electron chi connectivity index (χ4n) is 3.56. The first-order valence-corrected chi connectivity index (χ1v) is 10.1. The Balaban J connectivity index is 1.72. The number of aliphatic hydroxyl groups excluding tert-OH is 1. The van der Waals surface area contributed by atoms with Gasteiger partial charge in [-0.3, -0.25) is 4.90 Å². The molecule has 2 aliphatic heterocycles. The third-order valence-corrected chi connectivity index (χ3v) is 6.96. The first kappa shape index (κ1) is 18.8. The summed E-state index contributed by atoms with van der Waals surface area (Å²) in [5, 5.41) is 21.3. The third-order valence-electron chi connectivity index (χ3n) is 5.14. The Morgan fingerprint density at radius 3 is 2.60 bits per heavy atom. The van der Waals surface area contributed by atoms with Crippen molar-refractivity contribution in [1.29, 1.82) is 0 Å². The summed E-state index contributed by atoms with van der Waals surface area (Å²) in [4.78, 5) is 4.54. The van der Waals surface area contributed by atoms with Gasteiger partial charge in [0.05, 0.1) is 11.0 Å². The molecule has 3 rings (SSSR count). The number of β-amino-alcohol motifs (C(OH)–C–C–N with tert-alkyl or cyclic N) is 2. The van der Waals surface area contributed by atoms with Gasteiger partial charge in [0.15, 0.2) is 0 Å². The van der Waals surface area contributed by atoms with Crippen LogP contribution >= 0.6 is 0 Å². The zero-order valence-corrected chi connectivity index (χ0v) is 15.4. The van der Waals surface area contributed by atoms with Crippen LogP contribution in [0.1, 0.15) is 6.42 Å². The van der Waals surface area contributed by atoms with Crippen LogP contribution in [0.3, 0.4) is 0 Å². The highest BCUT2D eigenvalue weighted by Gasteiger charge is 2.49. The number of nitrogens with zero attached hydrogens (tertiary/aromatic N) is 3. The molecule has 2 N–H and O–H groups in total. The molecule has 7 nitrogen and oxygen atoms in total. The topological polar surface area (TPSA) is 84.3 Å². The minimum Gasteiger partial charge on any atom is -0.389 e. The van der Waals surface area contributed by atoms with Crippen molar-refractivity contribution in [2.45, 2.75) is 23.0 Å². The minimum absolute atomic E-state index is 0.0819. The molecule has 0 aromatic heterocycles. The fraction of sp³-hybridized carbons (Fsp3) is 0.647. The summed E-state index contributed by atoms with van der Waals surface area (Å²) in [6.45, 7) is 3.66. The average molecular weight is 369 g/mol.